The molecule has 9 heteroatoms. The molecule has 4 heterocycles. The molecule has 4 aromatic heterocycles. The predicted molar refractivity (Wildman–Crippen MR) is 108 cm³/mol. The van der Waals surface area contributed by atoms with Crippen LogP contribution in [0.4, 0.5) is 5.82 Å². The maximum absolute atomic E-state index is 6.20. The largest absolute Gasteiger partial charge is 0.368 e. The molecular formula is C19H15ClN8. The van der Waals surface area contributed by atoms with E-state index in [1.165, 1.54) is 6.33 Å². The third-order valence-electron chi connectivity index (χ3n) is 4.42. The number of aromatic amines is 1. The van der Waals surface area contributed by atoms with Crippen molar-refractivity contribution in [1.82, 2.24) is 34.5 Å². The summed E-state index contributed by atoms with van der Waals surface area (Å²) in [6.07, 6.45) is 5.54. The monoisotopic (exact) mass is 390 g/mol. The van der Waals surface area contributed by atoms with Gasteiger partial charge < -0.3 is 10.3 Å². The maximum Gasteiger partial charge on any atom is 0.182 e. The molecule has 0 bridgehead atoms. The lowest BCUT2D eigenvalue weighted by Gasteiger charge is -2.10. The molecule has 2 N–H and O–H groups in total. The first-order chi connectivity index (χ1) is 13.8. The van der Waals surface area contributed by atoms with Gasteiger partial charge in [-0.1, -0.05) is 17.7 Å². The van der Waals surface area contributed by atoms with Gasteiger partial charge in [0, 0.05) is 24.2 Å². The van der Waals surface area contributed by atoms with E-state index in [-0.39, 0.29) is 0 Å². The molecule has 0 aliphatic heterocycles. The number of imidazole rings is 2. The van der Waals surface area contributed by atoms with E-state index in [9.17, 15) is 0 Å². The molecule has 0 aliphatic rings. The van der Waals surface area contributed by atoms with Gasteiger partial charge in [0.25, 0.3) is 0 Å². The number of benzene rings is 1. The Morgan fingerprint density at radius 3 is 2.96 bits per heavy atom. The van der Waals surface area contributed by atoms with Crippen LogP contribution < -0.4 is 5.32 Å². The van der Waals surface area contributed by atoms with Crippen molar-refractivity contribution in [2.24, 2.45) is 0 Å². The van der Waals surface area contributed by atoms with Gasteiger partial charge in [-0.05, 0) is 30.3 Å². The highest BCUT2D eigenvalue weighted by molar-refractivity contribution is 6.30. The molecule has 0 saturated heterocycles. The molecule has 5 aromatic rings. The van der Waals surface area contributed by atoms with Gasteiger partial charge in [0.2, 0.25) is 0 Å². The van der Waals surface area contributed by atoms with Crippen molar-refractivity contribution in [3.63, 3.8) is 0 Å². The first kappa shape index (κ1) is 16.6. The molecule has 0 aliphatic carbocycles. The van der Waals surface area contributed by atoms with E-state index in [0.29, 0.717) is 29.5 Å². The van der Waals surface area contributed by atoms with Crippen molar-refractivity contribution in [3.05, 3.63) is 66.1 Å². The number of nitrogens with one attached hydrogen (secondary N) is 2. The number of aromatic nitrogens is 7. The van der Waals surface area contributed by atoms with E-state index in [4.69, 9.17) is 16.6 Å². The van der Waals surface area contributed by atoms with Crippen LogP contribution >= 0.6 is 11.6 Å². The Morgan fingerprint density at radius 1 is 1.07 bits per heavy atom. The molecule has 0 spiro atoms. The van der Waals surface area contributed by atoms with E-state index in [1.807, 2.05) is 41.0 Å². The average Bonchev–Trinajstić information content (AvgIpc) is 3.32. The van der Waals surface area contributed by atoms with Crippen LogP contribution in [0.5, 0.6) is 0 Å². The van der Waals surface area contributed by atoms with Crippen molar-refractivity contribution in [2.45, 2.75) is 6.42 Å². The first-order valence-electron chi connectivity index (χ1n) is 8.76. The van der Waals surface area contributed by atoms with Crippen LogP contribution in [0, 0.1) is 0 Å². The van der Waals surface area contributed by atoms with Gasteiger partial charge >= 0.3 is 0 Å². The van der Waals surface area contributed by atoms with Crippen LogP contribution in [0.15, 0.2) is 55.2 Å². The zero-order chi connectivity index (χ0) is 18.9. The smallest absolute Gasteiger partial charge is 0.182 e. The minimum atomic E-state index is 0.632. The molecule has 0 amide bonds. The summed E-state index contributed by atoms with van der Waals surface area (Å²) < 4.78 is 2.04. The topological polar surface area (TPSA) is 97.2 Å². The Kier molecular flexibility index (Phi) is 4.10. The number of fused-ring (bicyclic) bond motifs is 2. The third kappa shape index (κ3) is 2.93. The van der Waals surface area contributed by atoms with Crippen LogP contribution in [0.3, 0.4) is 0 Å². The molecular weight excluding hydrogens is 376 g/mol. The molecule has 0 saturated carbocycles. The molecule has 28 heavy (non-hydrogen) atoms. The second-order valence-corrected chi connectivity index (χ2v) is 6.63. The zero-order valence-electron chi connectivity index (χ0n) is 14.7. The minimum absolute atomic E-state index is 0.632. The molecule has 138 valence electrons. The normalized spacial score (nSPS) is 11.3. The highest BCUT2D eigenvalue weighted by atomic mass is 35.5. The van der Waals surface area contributed by atoms with Crippen molar-refractivity contribution in [1.29, 1.82) is 0 Å². The number of nitrogens with zero attached hydrogens (tertiary/aromatic N) is 6. The Morgan fingerprint density at radius 2 is 2.04 bits per heavy atom. The van der Waals surface area contributed by atoms with Crippen molar-refractivity contribution < 1.29 is 0 Å². The first-order valence-corrected chi connectivity index (χ1v) is 9.13. The molecule has 0 radical (unpaired) electrons. The Hall–Kier alpha value is -3.52. The second kappa shape index (κ2) is 6.90. The average molecular weight is 391 g/mol. The van der Waals surface area contributed by atoms with Gasteiger partial charge in [0.05, 0.1) is 12.0 Å². The van der Waals surface area contributed by atoms with Gasteiger partial charge in [-0.3, -0.25) is 4.57 Å². The molecule has 8 nitrogen and oxygen atoms in total. The van der Waals surface area contributed by atoms with Gasteiger partial charge in [-0.15, -0.1) is 0 Å². The third-order valence-corrected chi connectivity index (χ3v) is 4.65. The summed E-state index contributed by atoms with van der Waals surface area (Å²) in [6.45, 7) is 0.634. The predicted octanol–water partition coefficient (Wildman–Crippen LogP) is 3.39. The molecule has 0 atom stereocenters. The summed E-state index contributed by atoms with van der Waals surface area (Å²) in [5, 5.41) is 4.00. The van der Waals surface area contributed by atoms with Crippen molar-refractivity contribution >= 4 is 39.7 Å². The van der Waals surface area contributed by atoms with Crippen LogP contribution in [0.2, 0.25) is 5.02 Å². The lowest BCUT2D eigenvalue weighted by Crippen LogP contribution is -2.11. The van der Waals surface area contributed by atoms with Gasteiger partial charge in [0.1, 0.15) is 23.2 Å². The fourth-order valence-electron chi connectivity index (χ4n) is 3.21. The van der Waals surface area contributed by atoms with Gasteiger partial charge in [-0.25, -0.2) is 24.9 Å². The van der Waals surface area contributed by atoms with Crippen molar-refractivity contribution in [3.8, 4) is 5.69 Å². The van der Waals surface area contributed by atoms with Crippen molar-refractivity contribution in [2.75, 3.05) is 11.9 Å². The van der Waals surface area contributed by atoms with E-state index < -0.39 is 0 Å². The highest BCUT2D eigenvalue weighted by Gasteiger charge is 2.14. The van der Waals surface area contributed by atoms with E-state index in [2.05, 4.69) is 30.2 Å². The van der Waals surface area contributed by atoms with Crippen LogP contribution in [-0.4, -0.2) is 41.0 Å². The lowest BCUT2D eigenvalue weighted by atomic mass is 10.3. The fraction of sp³-hybridized carbons (Fsp3) is 0.105. The molecule has 1 aromatic carbocycles. The number of hydrogen-bond donors (Lipinski definition) is 2. The fourth-order valence-corrected chi connectivity index (χ4v) is 3.39. The standard InChI is InChI=1S/C19H15ClN8/c20-12-3-1-4-13(9-12)28-15(27-14-5-2-7-22-19(14)28)6-8-21-17-16-18(24-10-23-16)26-11-25-17/h1-5,7,9-11H,6,8H2,(H2,21,23,24,25,26). The van der Waals surface area contributed by atoms with E-state index in [1.54, 1.807) is 12.5 Å². The number of pyridine rings is 1. The summed E-state index contributed by atoms with van der Waals surface area (Å²) in [7, 11) is 0. The Labute approximate surface area is 164 Å². The zero-order valence-corrected chi connectivity index (χ0v) is 15.4. The quantitative estimate of drug-likeness (QED) is 0.477. The van der Waals surface area contributed by atoms with Gasteiger partial charge in [0.15, 0.2) is 17.1 Å². The van der Waals surface area contributed by atoms with Crippen LogP contribution in [0.1, 0.15) is 5.82 Å². The maximum atomic E-state index is 6.20. The molecule has 5 rings (SSSR count). The number of H-pyrrole nitrogens is 1. The summed E-state index contributed by atoms with van der Waals surface area (Å²) in [5.41, 5.74) is 4.00. The number of halogens is 1. The number of anilines is 1. The summed E-state index contributed by atoms with van der Waals surface area (Å²) in [4.78, 5) is 24.9. The summed E-state index contributed by atoms with van der Waals surface area (Å²) >= 11 is 6.20. The van der Waals surface area contributed by atoms with E-state index in [0.717, 1.165) is 28.2 Å². The minimum Gasteiger partial charge on any atom is -0.368 e. The molecule has 0 fully saturated rings. The van der Waals surface area contributed by atoms with Crippen LogP contribution in [-0.2, 0) is 6.42 Å². The molecule has 0 unspecified atom stereocenters. The summed E-state index contributed by atoms with van der Waals surface area (Å²) in [5.74, 6) is 1.60. The summed E-state index contributed by atoms with van der Waals surface area (Å²) in [6, 6.07) is 11.5. The lowest BCUT2D eigenvalue weighted by molar-refractivity contribution is 0.863. The van der Waals surface area contributed by atoms with E-state index >= 15 is 0 Å². The SMILES string of the molecule is Clc1cccc(-n2c(CCNc3ncnc4nc[nH]c34)nc3cccnc32)c1. The second-order valence-electron chi connectivity index (χ2n) is 6.19. The number of hydrogen-bond acceptors (Lipinski definition) is 6. The number of rotatable bonds is 5. The van der Waals surface area contributed by atoms with Crippen LogP contribution in [0.25, 0.3) is 28.0 Å². The Balaban J connectivity index is 1.47. The van der Waals surface area contributed by atoms with Gasteiger partial charge in [-0.2, -0.15) is 0 Å². The highest BCUT2D eigenvalue weighted by Crippen LogP contribution is 2.23. The Bertz CT molecular complexity index is 1280.